The van der Waals surface area contributed by atoms with E-state index in [0.29, 0.717) is 12.5 Å². The first kappa shape index (κ1) is 14.2. The van der Waals surface area contributed by atoms with Gasteiger partial charge in [-0.1, -0.05) is 42.0 Å². The predicted octanol–water partition coefficient (Wildman–Crippen LogP) is 3.81. The van der Waals surface area contributed by atoms with E-state index in [2.05, 4.69) is 49.4 Å². The maximum atomic E-state index is 6.60. The average molecular weight is 281 g/mol. The van der Waals surface area contributed by atoms with E-state index in [-0.39, 0.29) is 6.04 Å². The molecule has 0 bridgehead atoms. The fraction of sp³-hybridized carbons (Fsp3) is 0.368. The van der Waals surface area contributed by atoms with Crippen LogP contribution in [0.1, 0.15) is 35.2 Å². The molecule has 0 saturated heterocycles. The summed E-state index contributed by atoms with van der Waals surface area (Å²) in [6.45, 7) is 4.80. The second-order valence-electron chi connectivity index (χ2n) is 5.94. The van der Waals surface area contributed by atoms with E-state index in [1.807, 2.05) is 6.92 Å². The van der Waals surface area contributed by atoms with Gasteiger partial charge in [-0.05, 0) is 49.8 Å². The molecule has 1 atom stereocenters. The number of rotatable bonds is 4. The van der Waals surface area contributed by atoms with Crippen LogP contribution in [0.3, 0.4) is 0 Å². The number of benzene rings is 2. The first-order valence-corrected chi connectivity index (χ1v) is 7.74. The van der Waals surface area contributed by atoms with Gasteiger partial charge >= 0.3 is 0 Å². The summed E-state index contributed by atoms with van der Waals surface area (Å²) in [6, 6.07) is 15.0. The van der Waals surface area contributed by atoms with Crippen LogP contribution in [0.15, 0.2) is 42.5 Å². The zero-order valence-electron chi connectivity index (χ0n) is 12.8. The third-order valence-corrected chi connectivity index (χ3v) is 4.41. The number of ether oxygens (including phenoxy) is 1. The minimum atomic E-state index is 0.0267. The molecule has 2 aromatic carbocycles. The second kappa shape index (κ2) is 5.90. The fourth-order valence-corrected chi connectivity index (χ4v) is 3.32. The third-order valence-electron chi connectivity index (χ3n) is 4.41. The van der Waals surface area contributed by atoms with Crippen molar-refractivity contribution in [2.24, 2.45) is 11.7 Å². The van der Waals surface area contributed by atoms with Crippen molar-refractivity contribution in [2.45, 2.75) is 32.7 Å². The number of hydrogen-bond donors (Lipinski definition) is 1. The van der Waals surface area contributed by atoms with Crippen molar-refractivity contribution in [3.8, 4) is 5.75 Å². The van der Waals surface area contributed by atoms with E-state index in [9.17, 15) is 0 Å². The molecule has 0 radical (unpaired) electrons. The van der Waals surface area contributed by atoms with Crippen molar-refractivity contribution in [3.05, 3.63) is 64.7 Å². The van der Waals surface area contributed by atoms with Gasteiger partial charge in [0.05, 0.1) is 6.61 Å². The molecule has 0 amide bonds. The van der Waals surface area contributed by atoms with Crippen LogP contribution in [-0.2, 0) is 12.8 Å². The molecule has 3 rings (SSSR count). The Bertz CT molecular complexity index is 610. The Kier molecular flexibility index (Phi) is 3.98. The van der Waals surface area contributed by atoms with Gasteiger partial charge in [0.1, 0.15) is 5.75 Å². The lowest BCUT2D eigenvalue weighted by Gasteiger charge is -2.22. The molecule has 2 aromatic rings. The van der Waals surface area contributed by atoms with E-state index in [1.165, 1.54) is 16.7 Å². The monoisotopic (exact) mass is 281 g/mol. The van der Waals surface area contributed by atoms with Crippen molar-refractivity contribution in [2.75, 3.05) is 6.61 Å². The van der Waals surface area contributed by atoms with Crippen LogP contribution in [0.5, 0.6) is 5.75 Å². The Labute approximate surface area is 126 Å². The topological polar surface area (TPSA) is 35.2 Å². The Morgan fingerprint density at radius 3 is 2.43 bits per heavy atom. The molecule has 21 heavy (non-hydrogen) atoms. The Hall–Kier alpha value is -1.80. The van der Waals surface area contributed by atoms with E-state index >= 15 is 0 Å². The second-order valence-corrected chi connectivity index (χ2v) is 5.94. The summed E-state index contributed by atoms with van der Waals surface area (Å²) >= 11 is 0. The van der Waals surface area contributed by atoms with Crippen LogP contribution in [0, 0.1) is 12.8 Å². The number of hydrogen-bond acceptors (Lipinski definition) is 2. The molecule has 1 aliphatic carbocycles. The molecule has 1 aliphatic rings. The Morgan fingerprint density at radius 2 is 1.81 bits per heavy atom. The van der Waals surface area contributed by atoms with Gasteiger partial charge in [-0.3, -0.25) is 0 Å². The highest BCUT2D eigenvalue weighted by molar-refractivity contribution is 5.41. The molecule has 2 heteroatoms. The van der Waals surface area contributed by atoms with Crippen molar-refractivity contribution in [3.63, 3.8) is 0 Å². The van der Waals surface area contributed by atoms with E-state index < -0.39 is 0 Å². The Balaban J connectivity index is 1.86. The van der Waals surface area contributed by atoms with Gasteiger partial charge < -0.3 is 10.5 Å². The summed E-state index contributed by atoms with van der Waals surface area (Å²) in [4.78, 5) is 0. The van der Waals surface area contributed by atoms with Crippen LogP contribution in [-0.4, -0.2) is 6.61 Å². The van der Waals surface area contributed by atoms with Gasteiger partial charge in [0.2, 0.25) is 0 Å². The average Bonchev–Trinajstić information content (AvgIpc) is 2.92. The Morgan fingerprint density at radius 1 is 1.14 bits per heavy atom. The third kappa shape index (κ3) is 2.81. The first-order valence-electron chi connectivity index (χ1n) is 7.74. The van der Waals surface area contributed by atoms with Gasteiger partial charge in [0.15, 0.2) is 0 Å². The van der Waals surface area contributed by atoms with Crippen LogP contribution in [0.2, 0.25) is 0 Å². The maximum Gasteiger partial charge on any atom is 0.124 e. The lowest BCUT2D eigenvalue weighted by Crippen LogP contribution is -2.22. The zero-order valence-corrected chi connectivity index (χ0v) is 12.8. The molecular weight excluding hydrogens is 258 g/mol. The van der Waals surface area contributed by atoms with E-state index in [0.717, 1.165) is 24.2 Å². The maximum absolute atomic E-state index is 6.60. The number of aryl methyl sites for hydroxylation is 1. The molecule has 110 valence electrons. The minimum Gasteiger partial charge on any atom is -0.494 e. The minimum absolute atomic E-state index is 0.0267. The van der Waals surface area contributed by atoms with Gasteiger partial charge in [-0.25, -0.2) is 0 Å². The van der Waals surface area contributed by atoms with Crippen molar-refractivity contribution in [1.29, 1.82) is 0 Å². The molecule has 0 aliphatic heterocycles. The largest absolute Gasteiger partial charge is 0.494 e. The van der Waals surface area contributed by atoms with Gasteiger partial charge in [0.25, 0.3) is 0 Å². The molecule has 2 nitrogen and oxygen atoms in total. The molecule has 0 saturated carbocycles. The van der Waals surface area contributed by atoms with Crippen molar-refractivity contribution in [1.82, 2.24) is 0 Å². The lowest BCUT2D eigenvalue weighted by atomic mass is 9.90. The summed E-state index contributed by atoms with van der Waals surface area (Å²) in [5, 5.41) is 0. The number of fused-ring (bicyclic) bond motifs is 1. The summed E-state index contributed by atoms with van der Waals surface area (Å²) in [5.41, 5.74) is 11.9. The molecule has 0 spiro atoms. The molecule has 2 N–H and O–H groups in total. The molecule has 0 fully saturated rings. The van der Waals surface area contributed by atoms with Crippen molar-refractivity contribution < 1.29 is 4.74 Å². The van der Waals surface area contributed by atoms with Crippen LogP contribution in [0.4, 0.5) is 0 Å². The molecule has 0 heterocycles. The van der Waals surface area contributed by atoms with Gasteiger partial charge in [0, 0.05) is 11.6 Å². The van der Waals surface area contributed by atoms with Gasteiger partial charge in [-0.2, -0.15) is 0 Å². The van der Waals surface area contributed by atoms with Crippen LogP contribution < -0.4 is 10.5 Å². The fourth-order valence-electron chi connectivity index (χ4n) is 3.32. The zero-order chi connectivity index (χ0) is 14.8. The summed E-state index contributed by atoms with van der Waals surface area (Å²) in [5.74, 6) is 1.40. The summed E-state index contributed by atoms with van der Waals surface area (Å²) in [6.07, 6.45) is 2.13. The highest BCUT2D eigenvalue weighted by Crippen LogP contribution is 2.37. The summed E-state index contributed by atoms with van der Waals surface area (Å²) in [7, 11) is 0. The molecular formula is C19H23NO. The molecule has 1 unspecified atom stereocenters. The van der Waals surface area contributed by atoms with E-state index in [4.69, 9.17) is 10.5 Å². The first-order chi connectivity index (χ1) is 10.2. The highest BCUT2D eigenvalue weighted by Gasteiger charge is 2.28. The van der Waals surface area contributed by atoms with Crippen molar-refractivity contribution >= 4 is 0 Å². The van der Waals surface area contributed by atoms with Crippen LogP contribution >= 0.6 is 0 Å². The summed E-state index contributed by atoms with van der Waals surface area (Å²) < 4.78 is 5.77. The predicted molar refractivity (Wildman–Crippen MR) is 86.6 cm³/mol. The quantitative estimate of drug-likeness (QED) is 0.925. The van der Waals surface area contributed by atoms with E-state index in [1.54, 1.807) is 0 Å². The SMILES string of the molecule is CCOc1ccc(C)cc1C(N)C1Cc2ccccc2C1. The lowest BCUT2D eigenvalue weighted by molar-refractivity contribution is 0.327. The van der Waals surface area contributed by atoms with Gasteiger partial charge in [-0.15, -0.1) is 0 Å². The van der Waals surface area contributed by atoms with Crippen LogP contribution in [0.25, 0.3) is 0 Å². The normalized spacial score (nSPS) is 15.8. The standard InChI is InChI=1S/C19H23NO/c1-3-21-18-9-8-13(2)10-17(18)19(20)16-11-14-6-4-5-7-15(14)12-16/h4-10,16,19H,3,11-12,20H2,1-2H3. The smallest absolute Gasteiger partial charge is 0.124 e. The number of nitrogens with two attached hydrogens (primary N) is 1. The highest BCUT2D eigenvalue weighted by atomic mass is 16.5. The molecule has 0 aromatic heterocycles.